The van der Waals surface area contributed by atoms with E-state index in [0.29, 0.717) is 23.9 Å². The van der Waals surface area contributed by atoms with Gasteiger partial charge >= 0.3 is 0 Å². The van der Waals surface area contributed by atoms with E-state index < -0.39 is 0 Å². The molecule has 3 N–H and O–H groups in total. The first-order valence-electron chi connectivity index (χ1n) is 6.53. The Morgan fingerprint density at radius 1 is 1.23 bits per heavy atom. The quantitative estimate of drug-likeness (QED) is 0.337. The van der Waals surface area contributed by atoms with Gasteiger partial charge in [-0.05, 0) is 0 Å². The van der Waals surface area contributed by atoms with Gasteiger partial charge in [0.2, 0.25) is 11.8 Å². The molecule has 0 fully saturated rings. The Balaban J connectivity index is 2.63. The topological polar surface area (TPSA) is 104 Å². The number of thioether (sulfide) groups is 1. The molecule has 0 aliphatic heterocycles. The first-order chi connectivity index (χ1) is 10.5. The van der Waals surface area contributed by atoms with Crippen molar-refractivity contribution in [1.82, 2.24) is 20.6 Å². The van der Waals surface area contributed by atoms with Crippen LogP contribution >= 0.6 is 11.8 Å². The third kappa shape index (κ3) is 6.89. The van der Waals surface area contributed by atoms with Crippen LogP contribution in [0, 0.1) is 0 Å². The van der Waals surface area contributed by atoms with Gasteiger partial charge in [-0.25, -0.2) is 4.98 Å². The Hall–Kier alpha value is -2.35. The summed E-state index contributed by atoms with van der Waals surface area (Å²) in [4.78, 5) is 41.3. The Morgan fingerprint density at radius 2 is 1.86 bits per heavy atom. The lowest BCUT2D eigenvalue weighted by Crippen LogP contribution is -2.26. The van der Waals surface area contributed by atoms with Crippen LogP contribution in [0.15, 0.2) is 41.3 Å². The highest BCUT2D eigenvalue weighted by molar-refractivity contribution is 7.99. The monoisotopic (exact) mass is 322 g/mol. The second-order valence-electron chi connectivity index (χ2n) is 4.19. The average molecular weight is 322 g/mol. The summed E-state index contributed by atoms with van der Waals surface area (Å²) in [6.45, 7) is 7.73. The van der Waals surface area contributed by atoms with E-state index in [1.54, 1.807) is 12.2 Å². The van der Waals surface area contributed by atoms with Gasteiger partial charge < -0.3 is 15.6 Å². The smallest absolute Gasteiger partial charge is 0.251 e. The summed E-state index contributed by atoms with van der Waals surface area (Å²) in [5, 5.41) is 5.52. The SMILES string of the molecule is C=CCNC(=O)CSc1nc(CC(=O)NCC=C)cc(=O)[nH]1. The first-order valence-corrected chi connectivity index (χ1v) is 7.52. The van der Waals surface area contributed by atoms with Crippen molar-refractivity contribution >= 4 is 23.6 Å². The molecule has 0 aromatic carbocycles. The lowest BCUT2D eigenvalue weighted by Gasteiger charge is -2.05. The molecule has 22 heavy (non-hydrogen) atoms. The molecule has 0 saturated heterocycles. The lowest BCUT2D eigenvalue weighted by atomic mass is 10.3. The fourth-order valence-electron chi connectivity index (χ4n) is 1.43. The van der Waals surface area contributed by atoms with Crippen molar-refractivity contribution in [2.75, 3.05) is 18.8 Å². The second kappa shape index (κ2) is 9.56. The normalized spacial score (nSPS) is 9.82. The molecule has 118 valence electrons. The van der Waals surface area contributed by atoms with Crippen molar-refractivity contribution in [2.24, 2.45) is 0 Å². The molecule has 1 aromatic heterocycles. The van der Waals surface area contributed by atoms with Crippen LogP contribution in [0.4, 0.5) is 0 Å². The number of amides is 2. The fraction of sp³-hybridized carbons (Fsp3) is 0.286. The van der Waals surface area contributed by atoms with Crippen LogP contribution in [-0.4, -0.2) is 40.6 Å². The molecule has 0 aliphatic rings. The Morgan fingerprint density at radius 3 is 2.50 bits per heavy atom. The zero-order valence-corrected chi connectivity index (χ0v) is 12.9. The minimum absolute atomic E-state index is 0.00597. The van der Waals surface area contributed by atoms with Crippen LogP contribution in [0.2, 0.25) is 0 Å². The van der Waals surface area contributed by atoms with Crippen LogP contribution in [0.25, 0.3) is 0 Å². The van der Waals surface area contributed by atoms with Gasteiger partial charge in [0.25, 0.3) is 5.56 Å². The third-order valence-electron chi connectivity index (χ3n) is 2.34. The first kappa shape index (κ1) is 17.7. The van der Waals surface area contributed by atoms with Crippen LogP contribution in [0.1, 0.15) is 5.69 Å². The van der Waals surface area contributed by atoms with E-state index >= 15 is 0 Å². The molecule has 0 bridgehead atoms. The van der Waals surface area contributed by atoms with E-state index in [1.165, 1.54) is 6.07 Å². The summed E-state index contributed by atoms with van der Waals surface area (Å²) in [5.74, 6) is -0.331. The predicted molar refractivity (Wildman–Crippen MR) is 85.7 cm³/mol. The maximum absolute atomic E-state index is 11.6. The van der Waals surface area contributed by atoms with Gasteiger partial charge in [0.1, 0.15) is 0 Å². The molecule has 8 heteroatoms. The summed E-state index contributed by atoms with van der Waals surface area (Å²) in [7, 11) is 0. The van der Waals surface area contributed by atoms with Gasteiger partial charge in [0.15, 0.2) is 5.16 Å². The number of H-pyrrole nitrogens is 1. The molecule has 1 rings (SSSR count). The molecule has 0 unspecified atom stereocenters. The van der Waals surface area contributed by atoms with E-state index in [1.807, 2.05) is 0 Å². The number of nitrogens with one attached hydrogen (secondary N) is 3. The van der Waals surface area contributed by atoms with Gasteiger partial charge in [-0.15, -0.1) is 13.2 Å². The number of aromatic amines is 1. The molecule has 0 atom stereocenters. The van der Waals surface area contributed by atoms with Gasteiger partial charge in [-0.3, -0.25) is 14.4 Å². The van der Waals surface area contributed by atoms with E-state index in [-0.39, 0.29) is 29.5 Å². The standard InChI is InChI=1S/C14H18N4O3S/c1-3-5-15-11(19)7-10-8-12(20)18-14(17-10)22-9-13(21)16-6-4-2/h3-4,8H,1-2,5-7,9H2,(H,15,19)(H,16,21)(H,17,18,20). The highest BCUT2D eigenvalue weighted by atomic mass is 32.2. The van der Waals surface area contributed by atoms with E-state index in [2.05, 4.69) is 33.8 Å². The highest BCUT2D eigenvalue weighted by Crippen LogP contribution is 2.10. The summed E-state index contributed by atoms with van der Waals surface area (Å²) in [6, 6.07) is 1.26. The van der Waals surface area contributed by atoms with E-state index in [9.17, 15) is 14.4 Å². The van der Waals surface area contributed by atoms with Gasteiger partial charge in [-0.1, -0.05) is 23.9 Å². The molecule has 1 heterocycles. The van der Waals surface area contributed by atoms with Crippen molar-refractivity contribution in [3.8, 4) is 0 Å². The second-order valence-corrected chi connectivity index (χ2v) is 5.16. The molecule has 0 aliphatic carbocycles. The molecule has 0 saturated carbocycles. The molecule has 7 nitrogen and oxygen atoms in total. The van der Waals surface area contributed by atoms with Gasteiger partial charge in [0, 0.05) is 19.2 Å². The Bertz CT molecular complexity index is 612. The van der Waals surface area contributed by atoms with Gasteiger partial charge in [0.05, 0.1) is 17.9 Å². The maximum atomic E-state index is 11.6. The largest absolute Gasteiger partial charge is 0.352 e. The van der Waals surface area contributed by atoms with Crippen molar-refractivity contribution < 1.29 is 9.59 Å². The maximum Gasteiger partial charge on any atom is 0.251 e. The van der Waals surface area contributed by atoms with Crippen molar-refractivity contribution in [3.05, 3.63) is 47.4 Å². The number of aromatic nitrogens is 2. The Kier molecular flexibility index (Phi) is 7.69. The number of carbonyl (C=O) groups is 2. The fourth-order valence-corrected chi connectivity index (χ4v) is 2.15. The number of hydrogen-bond acceptors (Lipinski definition) is 5. The zero-order chi connectivity index (χ0) is 16.4. The molecular weight excluding hydrogens is 304 g/mol. The number of hydrogen-bond donors (Lipinski definition) is 3. The van der Waals surface area contributed by atoms with Gasteiger partial charge in [-0.2, -0.15) is 0 Å². The third-order valence-corrected chi connectivity index (χ3v) is 3.22. The van der Waals surface area contributed by atoms with Crippen LogP contribution < -0.4 is 16.2 Å². The van der Waals surface area contributed by atoms with E-state index in [0.717, 1.165) is 11.8 Å². The number of rotatable bonds is 9. The summed E-state index contributed by atoms with van der Waals surface area (Å²) in [5.41, 5.74) is -0.0187. The van der Waals surface area contributed by atoms with Crippen LogP contribution in [-0.2, 0) is 16.0 Å². The summed E-state index contributed by atoms with van der Waals surface area (Å²) < 4.78 is 0. The van der Waals surface area contributed by atoms with E-state index in [4.69, 9.17) is 0 Å². The summed E-state index contributed by atoms with van der Waals surface area (Å²) in [6.07, 6.45) is 3.13. The zero-order valence-electron chi connectivity index (χ0n) is 12.1. The molecule has 0 radical (unpaired) electrons. The minimum atomic E-state index is -0.365. The van der Waals surface area contributed by atoms with Crippen LogP contribution in [0.3, 0.4) is 0 Å². The van der Waals surface area contributed by atoms with Crippen LogP contribution in [0.5, 0.6) is 0 Å². The molecule has 2 amide bonds. The highest BCUT2D eigenvalue weighted by Gasteiger charge is 2.08. The Labute approximate surface area is 132 Å². The van der Waals surface area contributed by atoms with Crippen molar-refractivity contribution in [3.63, 3.8) is 0 Å². The molecule has 1 aromatic rings. The number of nitrogens with zero attached hydrogens (tertiary/aromatic N) is 1. The molecular formula is C14H18N4O3S. The van der Waals surface area contributed by atoms with Crippen molar-refractivity contribution in [1.29, 1.82) is 0 Å². The minimum Gasteiger partial charge on any atom is -0.352 e. The average Bonchev–Trinajstić information content (AvgIpc) is 2.48. The number of carbonyl (C=O) groups excluding carboxylic acids is 2. The predicted octanol–water partition coefficient (Wildman–Crippen LogP) is 0.00890. The lowest BCUT2D eigenvalue weighted by molar-refractivity contribution is -0.120. The van der Waals surface area contributed by atoms with Crippen molar-refractivity contribution in [2.45, 2.75) is 11.6 Å². The molecule has 0 spiro atoms. The summed E-state index contributed by atoms with van der Waals surface area (Å²) >= 11 is 1.09.